The number of carbonyl (C=O) groups excluding carboxylic acids is 1. The number of morpholine rings is 1. The van der Waals surface area contributed by atoms with Crippen LogP contribution in [-0.2, 0) is 11.3 Å². The molecule has 0 aliphatic carbocycles. The number of carbonyl (C=O) groups is 1. The molecule has 0 saturated carbocycles. The van der Waals surface area contributed by atoms with Crippen LogP contribution in [0.15, 0.2) is 36.4 Å². The summed E-state index contributed by atoms with van der Waals surface area (Å²) < 4.78 is 10.6. The first-order valence-electron chi connectivity index (χ1n) is 8.41. The number of hydrogen-bond acceptors (Lipinski definition) is 3. The predicted octanol–water partition coefficient (Wildman–Crippen LogP) is 2.67. The minimum Gasteiger partial charge on any atom is -0.494 e. The molecule has 2 aromatic rings. The van der Waals surface area contributed by atoms with E-state index in [0.29, 0.717) is 27.0 Å². The standard InChI is InChI=1S/C19H20Cl2N2O3/c1-25-18-16(10-14(20)11-17(18)21)19(24)22-15-4-2-13(3-5-15)12-23-6-8-26-9-7-23/h2-5,10-11H,6-9,12H2,1H3,(H,22,24)/p+1. The lowest BCUT2D eigenvalue weighted by atomic mass is 10.1. The van der Waals surface area contributed by atoms with Gasteiger partial charge in [0.15, 0.2) is 0 Å². The number of rotatable bonds is 5. The normalized spacial score (nSPS) is 14.9. The van der Waals surface area contributed by atoms with Crippen molar-refractivity contribution in [3.8, 4) is 5.75 Å². The van der Waals surface area contributed by atoms with E-state index in [-0.39, 0.29) is 5.91 Å². The first kappa shape index (κ1) is 19.0. The molecule has 0 unspecified atom stereocenters. The van der Waals surface area contributed by atoms with Gasteiger partial charge < -0.3 is 19.7 Å². The monoisotopic (exact) mass is 395 g/mol. The van der Waals surface area contributed by atoms with Crippen molar-refractivity contribution < 1.29 is 19.2 Å². The van der Waals surface area contributed by atoms with E-state index in [4.69, 9.17) is 32.7 Å². The van der Waals surface area contributed by atoms with Gasteiger partial charge in [-0.25, -0.2) is 0 Å². The van der Waals surface area contributed by atoms with E-state index >= 15 is 0 Å². The largest absolute Gasteiger partial charge is 0.494 e. The number of ether oxygens (including phenoxy) is 2. The third-order valence-electron chi connectivity index (χ3n) is 4.32. The van der Waals surface area contributed by atoms with Crippen molar-refractivity contribution in [1.82, 2.24) is 0 Å². The summed E-state index contributed by atoms with van der Waals surface area (Å²) in [7, 11) is 1.47. The van der Waals surface area contributed by atoms with Crippen LogP contribution in [0.25, 0.3) is 0 Å². The minimum atomic E-state index is -0.321. The molecule has 26 heavy (non-hydrogen) atoms. The number of quaternary nitrogens is 1. The molecule has 7 heteroatoms. The number of benzene rings is 2. The van der Waals surface area contributed by atoms with Gasteiger partial charge >= 0.3 is 0 Å². The molecule has 0 bridgehead atoms. The average Bonchev–Trinajstić information content (AvgIpc) is 2.63. The summed E-state index contributed by atoms with van der Waals surface area (Å²) >= 11 is 12.1. The molecule has 2 N–H and O–H groups in total. The highest BCUT2D eigenvalue weighted by molar-refractivity contribution is 6.36. The fourth-order valence-electron chi connectivity index (χ4n) is 2.97. The Hall–Kier alpha value is -1.79. The van der Waals surface area contributed by atoms with Gasteiger partial charge in [0, 0.05) is 16.3 Å². The van der Waals surface area contributed by atoms with Gasteiger partial charge in [-0.15, -0.1) is 0 Å². The van der Waals surface area contributed by atoms with Gasteiger partial charge in [0.25, 0.3) is 5.91 Å². The number of methoxy groups -OCH3 is 1. The molecule has 1 aliphatic heterocycles. The number of hydrogen-bond donors (Lipinski definition) is 2. The van der Waals surface area contributed by atoms with Crippen LogP contribution in [0.3, 0.4) is 0 Å². The predicted molar refractivity (Wildman–Crippen MR) is 103 cm³/mol. The van der Waals surface area contributed by atoms with Gasteiger partial charge in [0.1, 0.15) is 25.4 Å². The van der Waals surface area contributed by atoms with E-state index in [1.807, 2.05) is 24.3 Å². The Balaban J connectivity index is 1.68. The molecule has 1 aliphatic rings. The molecule has 0 radical (unpaired) electrons. The molecule has 1 heterocycles. The Kier molecular flexibility index (Phi) is 6.38. The van der Waals surface area contributed by atoms with Crippen LogP contribution in [0, 0.1) is 0 Å². The van der Waals surface area contributed by atoms with Crippen molar-refractivity contribution in [1.29, 1.82) is 0 Å². The topological polar surface area (TPSA) is 52.0 Å². The fourth-order valence-corrected chi connectivity index (χ4v) is 3.54. The molecule has 3 rings (SSSR count). The van der Waals surface area contributed by atoms with Gasteiger partial charge in [-0.05, 0) is 24.3 Å². The Bertz CT molecular complexity index is 775. The second kappa shape index (κ2) is 8.73. The highest BCUT2D eigenvalue weighted by Crippen LogP contribution is 2.32. The van der Waals surface area contributed by atoms with Crippen LogP contribution in [0.1, 0.15) is 15.9 Å². The molecule has 2 aromatic carbocycles. The van der Waals surface area contributed by atoms with Gasteiger partial charge in [-0.2, -0.15) is 0 Å². The molecule has 0 aromatic heterocycles. The van der Waals surface area contributed by atoms with E-state index in [1.54, 1.807) is 6.07 Å². The van der Waals surface area contributed by atoms with Crippen molar-refractivity contribution in [2.24, 2.45) is 0 Å². The summed E-state index contributed by atoms with van der Waals surface area (Å²) in [5, 5.41) is 3.53. The van der Waals surface area contributed by atoms with Gasteiger partial charge in [0.05, 0.1) is 30.9 Å². The summed E-state index contributed by atoms with van der Waals surface area (Å²) in [6.07, 6.45) is 0. The zero-order valence-electron chi connectivity index (χ0n) is 14.5. The fraction of sp³-hybridized carbons (Fsp3) is 0.316. The van der Waals surface area contributed by atoms with Crippen molar-refractivity contribution in [3.63, 3.8) is 0 Å². The zero-order valence-corrected chi connectivity index (χ0v) is 16.0. The molecule has 1 amide bonds. The van der Waals surface area contributed by atoms with E-state index in [2.05, 4.69) is 5.32 Å². The molecule has 0 spiro atoms. The van der Waals surface area contributed by atoms with Crippen LogP contribution in [0.5, 0.6) is 5.75 Å². The van der Waals surface area contributed by atoms with E-state index in [9.17, 15) is 4.79 Å². The van der Waals surface area contributed by atoms with Crippen LogP contribution in [0.4, 0.5) is 5.69 Å². The smallest absolute Gasteiger partial charge is 0.259 e. The van der Waals surface area contributed by atoms with Crippen LogP contribution in [-0.4, -0.2) is 39.3 Å². The lowest BCUT2D eigenvalue weighted by Gasteiger charge is -2.23. The summed E-state index contributed by atoms with van der Waals surface area (Å²) in [6, 6.07) is 10.9. The van der Waals surface area contributed by atoms with Crippen molar-refractivity contribution in [3.05, 3.63) is 57.6 Å². The highest BCUT2D eigenvalue weighted by Gasteiger charge is 2.17. The highest BCUT2D eigenvalue weighted by atomic mass is 35.5. The molecule has 1 fully saturated rings. The first-order valence-corrected chi connectivity index (χ1v) is 9.17. The van der Waals surface area contributed by atoms with Gasteiger partial charge in [0.2, 0.25) is 0 Å². The summed E-state index contributed by atoms with van der Waals surface area (Å²) in [6.45, 7) is 4.62. The Morgan fingerprint density at radius 1 is 1.19 bits per heavy atom. The van der Waals surface area contributed by atoms with E-state index < -0.39 is 0 Å². The van der Waals surface area contributed by atoms with E-state index in [0.717, 1.165) is 32.8 Å². The first-order chi connectivity index (χ1) is 12.6. The molecular formula is C19H21Cl2N2O3+. The number of anilines is 1. The molecular weight excluding hydrogens is 375 g/mol. The maximum atomic E-state index is 12.6. The second-order valence-corrected chi connectivity index (χ2v) is 7.00. The number of nitrogens with one attached hydrogen (secondary N) is 2. The SMILES string of the molecule is COc1c(Cl)cc(Cl)cc1C(=O)Nc1ccc(C[NH+]2CCOCC2)cc1. The van der Waals surface area contributed by atoms with Crippen LogP contribution < -0.4 is 15.0 Å². The zero-order chi connectivity index (χ0) is 18.5. The Labute approximate surface area is 162 Å². The molecule has 138 valence electrons. The van der Waals surface area contributed by atoms with E-state index in [1.165, 1.54) is 23.6 Å². The van der Waals surface area contributed by atoms with Crippen LogP contribution in [0.2, 0.25) is 10.0 Å². The van der Waals surface area contributed by atoms with Crippen molar-refractivity contribution in [2.75, 3.05) is 38.7 Å². The Morgan fingerprint density at radius 3 is 2.54 bits per heavy atom. The number of amides is 1. The summed E-state index contributed by atoms with van der Waals surface area (Å²) in [5.41, 5.74) is 2.23. The molecule has 0 atom stereocenters. The number of halogens is 2. The lowest BCUT2D eigenvalue weighted by molar-refractivity contribution is -0.921. The lowest BCUT2D eigenvalue weighted by Crippen LogP contribution is -3.12. The third-order valence-corrected chi connectivity index (χ3v) is 4.82. The van der Waals surface area contributed by atoms with Gasteiger partial charge in [-0.3, -0.25) is 4.79 Å². The minimum absolute atomic E-state index is 0.298. The molecule has 1 saturated heterocycles. The summed E-state index contributed by atoms with van der Waals surface area (Å²) in [5.74, 6) is -0.0149. The Morgan fingerprint density at radius 2 is 1.88 bits per heavy atom. The average molecular weight is 396 g/mol. The second-order valence-electron chi connectivity index (χ2n) is 6.16. The van der Waals surface area contributed by atoms with Crippen molar-refractivity contribution in [2.45, 2.75) is 6.54 Å². The third kappa shape index (κ3) is 4.68. The maximum absolute atomic E-state index is 12.6. The van der Waals surface area contributed by atoms with Crippen LogP contribution >= 0.6 is 23.2 Å². The molecule has 5 nitrogen and oxygen atoms in total. The quantitative estimate of drug-likeness (QED) is 0.817. The van der Waals surface area contributed by atoms with Crippen molar-refractivity contribution >= 4 is 34.8 Å². The summed E-state index contributed by atoms with van der Waals surface area (Å²) in [4.78, 5) is 14.1. The maximum Gasteiger partial charge on any atom is 0.259 e. The van der Waals surface area contributed by atoms with Gasteiger partial charge in [-0.1, -0.05) is 35.3 Å².